The molecule has 42 heavy (non-hydrogen) atoms. The molecule has 3 aromatic rings. The molecule has 4 heterocycles. The van der Waals surface area contributed by atoms with Crippen LogP contribution in [-0.2, 0) is 27.3 Å². The van der Waals surface area contributed by atoms with Crippen LogP contribution in [0.25, 0.3) is 11.4 Å². The molecule has 11 nitrogen and oxygen atoms in total. The molecule has 11 heteroatoms. The molecular weight excluding hydrogens is 536 g/mol. The molecule has 1 N–H and O–H groups in total. The van der Waals surface area contributed by atoms with E-state index in [0.29, 0.717) is 75.0 Å². The van der Waals surface area contributed by atoms with Crippen LogP contribution in [0.4, 0.5) is 0 Å². The fraction of sp³-hybridized carbons (Fsp3) is 0.452. The van der Waals surface area contributed by atoms with E-state index >= 15 is 0 Å². The summed E-state index contributed by atoms with van der Waals surface area (Å²) in [5, 5.41) is 7.87. The van der Waals surface area contributed by atoms with Gasteiger partial charge in [0.05, 0.1) is 12.6 Å². The summed E-state index contributed by atoms with van der Waals surface area (Å²) in [4.78, 5) is 48.3. The number of ether oxygens (including phenoxy) is 2. The van der Waals surface area contributed by atoms with Crippen molar-refractivity contribution in [3.05, 3.63) is 59.9 Å². The van der Waals surface area contributed by atoms with E-state index < -0.39 is 12.1 Å². The summed E-state index contributed by atoms with van der Waals surface area (Å²) >= 11 is 0. The smallest absolute Gasteiger partial charge is 0.243 e. The second-order valence-corrected chi connectivity index (χ2v) is 11.0. The van der Waals surface area contributed by atoms with Gasteiger partial charge in [-0.3, -0.25) is 14.4 Å². The number of nitrogens with one attached hydrogen (secondary N) is 1. The lowest BCUT2D eigenvalue weighted by atomic mass is 10.1. The van der Waals surface area contributed by atoms with E-state index in [1.807, 2.05) is 60.4 Å². The van der Waals surface area contributed by atoms with Gasteiger partial charge >= 0.3 is 0 Å². The molecule has 1 aromatic heterocycles. The highest BCUT2D eigenvalue weighted by molar-refractivity contribution is 5.88. The summed E-state index contributed by atoms with van der Waals surface area (Å²) in [6.07, 6.45) is 3.13. The van der Waals surface area contributed by atoms with E-state index in [9.17, 15) is 14.4 Å². The number of rotatable bonds is 4. The first kappa shape index (κ1) is 27.7. The minimum Gasteiger partial charge on any atom is -0.454 e. The van der Waals surface area contributed by atoms with Crippen LogP contribution in [0.15, 0.2) is 48.5 Å². The van der Waals surface area contributed by atoms with Crippen molar-refractivity contribution < 1.29 is 23.9 Å². The maximum absolute atomic E-state index is 13.5. The molecule has 1 fully saturated rings. The molecule has 0 radical (unpaired) electrons. The summed E-state index contributed by atoms with van der Waals surface area (Å²) < 4.78 is 12.7. The highest BCUT2D eigenvalue weighted by Crippen LogP contribution is 2.33. The first-order valence-electron chi connectivity index (χ1n) is 14.7. The van der Waals surface area contributed by atoms with Crippen molar-refractivity contribution in [1.29, 1.82) is 0 Å². The average molecular weight is 573 g/mol. The molecule has 3 amide bonds. The van der Waals surface area contributed by atoms with Gasteiger partial charge < -0.3 is 24.6 Å². The predicted molar refractivity (Wildman–Crippen MR) is 153 cm³/mol. The zero-order valence-corrected chi connectivity index (χ0v) is 23.8. The molecule has 0 spiro atoms. The number of hydrogen-bond donors (Lipinski definition) is 1. The van der Waals surface area contributed by atoms with Gasteiger partial charge in [-0.15, -0.1) is 0 Å². The first-order chi connectivity index (χ1) is 20.5. The van der Waals surface area contributed by atoms with Crippen LogP contribution >= 0.6 is 0 Å². The molecule has 220 valence electrons. The van der Waals surface area contributed by atoms with Crippen LogP contribution in [0.3, 0.4) is 0 Å². The summed E-state index contributed by atoms with van der Waals surface area (Å²) in [5.74, 6) is 2.40. The zero-order chi connectivity index (χ0) is 29.1. The molecule has 3 aliphatic rings. The van der Waals surface area contributed by atoms with Crippen LogP contribution in [0.5, 0.6) is 11.5 Å². The lowest BCUT2D eigenvalue weighted by molar-refractivity contribution is -0.139. The van der Waals surface area contributed by atoms with Crippen molar-refractivity contribution in [1.82, 2.24) is 29.9 Å². The van der Waals surface area contributed by atoms with E-state index in [1.165, 1.54) is 0 Å². The van der Waals surface area contributed by atoms with E-state index in [2.05, 4.69) is 5.32 Å². The van der Waals surface area contributed by atoms with Gasteiger partial charge in [0.2, 0.25) is 24.5 Å². The second-order valence-electron chi connectivity index (χ2n) is 11.0. The van der Waals surface area contributed by atoms with Crippen molar-refractivity contribution in [2.24, 2.45) is 0 Å². The van der Waals surface area contributed by atoms with Gasteiger partial charge in [0, 0.05) is 38.0 Å². The predicted octanol–water partition coefficient (Wildman–Crippen LogP) is 3.10. The molecule has 1 saturated heterocycles. The molecule has 3 aliphatic heterocycles. The van der Waals surface area contributed by atoms with E-state index in [0.717, 1.165) is 17.5 Å². The molecule has 0 aliphatic carbocycles. The van der Waals surface area contributed by atoms with Gasteiger partial charge in [-0.1, -0.05) is 36.4 Å². The minimum absolute atomic E-state index is 0.0116. The summed E-state index contributed by atoms with van der Waals surface area (Å²) in [7, 11) is 0. The number of aromatic nitrogens is 3. The topological polar surface area (TPSA) is 119 Å². The van der Waals surface area contributed by atoms with E-state index in [1.54, 1.807) is 9.58 Å². The third-order valence-electron chi connectivity index (χ3n) is 8.17. The molecule has 2 atom stereocenters. The van der Waals surface area contributed by atoms with Crippen LogP contribution in [0.2, 0.25) is 0 Å². The number of amides is 3. The fourth-order valence-corrected chi connectivity index (χ4v) is 5.91. The van der Waals surface area contributed by atoms with E-state index in [-0.39, 0.29) is 30.9 Å². The summed E-state index contributed by atoms with van der Waals surface area (Å²) in [6.45, 7) is 3.93. The van der Waals surface area contributed by atoms with E-state index in [4.69, 9.17) is 19.6 Å². The Bertz CT molecular complexity index is 1460. The molecule has 6 rings (SSSR count). The maximum atomic E-state index is 13.5. The Kier molecular flexibility index (Phi) is 8.07. The number of carbonyl (C=O) groups excluding carboxylic acids is 3. The molecule has 2 aromatic carbocycles. The number of carbonyl (C=O) groups is 3. The maximum Gasteiger partial charge on any atom is 0.243 e. The Morgan fingerprint density at radius 1 is 1.00 bits per heavy atom. The first-order valence-corrected chi connectivity index (χ1v) is 14.7. The third kappa shape index (κ3) is 5.95. The van der Waals surface area contributed by atoms with Gasteiger partial charge in [0.1, 0.15) is 11.9 Å². The lowest BCUT2D eigenvalue weighted by Crippen LogP contribution is -2.47. The number of benzene rings is 2. The van der Waals surface area contributed by atoms with Crippen LogP contribution in [0, 0.1) is 0 Å². The SMILES string of the molecule is C[C@@H]1NC(=O)[C@@H]2CCCN2C(=O)CCCN(C(=O)CCc2ccc3c(c2)OCO3)CCn2nc(-c3ccccc3)nc21. The van der Waals surface area contributed by atoms with Gasteiger partial charge in [-0.05, 0) is 50.3 Å². The normalized spacial score (nSPS) is 21.0. The van der Waals surface area contributed by atoms with Crippen molar-refractivity contribution in [2.45, 2.75) is 64.1 Å². The molecule has 0 saturated carbocycles. The van der Waals surface area contributed by atoms with Crippen molar-refractivity contribution in [2.75, 3.05) is 26.4 Å². The van der Waals surface area contributed by atoms with Crippen molar-refractivity contribution in [3.8, 4) is 22.9 Å². The van der Waals surface area contributed by atoms with Gasteiger partial charge in [-0.2, -0.15) is 5.10 Å². The molecule has 0 unspecified atom stereocenters. The molecular formula is C31H36N6O5. The Balaban J connectivity index is 1.24. The van der Waals surface area contributed by atoms with Gasteiger partial charge in [0.25, 0.3) is 0 Å². The highest BCUT2D eigenvalue weighted by Gasteiger charge is 2.35. The summed E-state index contributed by atoms with van der Waals surface area (Å²) in [5.41, 5.74) is 1.87. The Morgan fingerprint density at radius 3 is 2.69 bits per heavy atom. The standard InChI is InChI=1S/C31H36N6O5/c1-21-30-33-29(23-7-3-2-4-8-23)34-37(30)18-17-35(15-6-10-28(39)36-16-5-9-24(36)31(40)32-21)27(38)14-12-22-11-13-25-26(19-22)42-20-41-25/h2-4,7-8,11,13,19,21,24H,5-6,9-10,12,14-18,20H2,1H3,(H,32,40)/t21-,24-/m0/s1. The average Bonchev–Trinajstić information content (AvgIpc) is 3.77. The minimum atomic E-state index is -0.493. The number of fused-ring (bicyclic) bond motifs is 3. The number of aryl methyl sites for hydroxylation is 1. The van der Waals surface area contributed by atoms with Crippen LogP contribution < -0.4 is 14.8 Å². The second kappa shape index (κ2) is 12.2. The number of hydrogen-bond acceptors (Lipinski definition) is 7. The third-order valence-corrected chi connectivity index (χ3v) is 8.17. The summed E-state index contributed by atoms with van der Waals surface area (Å²) in [6, 6.07) is 14.5. The molecule has 0 bridgehead atoms. The van der Waals surface area contributed by atoms with Gasteiger partial charge in [0.15, 0.2) is 17.3 Å². The number of nitrogens with zero attached hydrogens (tertiary/aromatic N) is 5. The lowest BCUT2D eigenvalue weighted by Gasteiger charge is -2.28. The fourth-order valence-electron chi connectivity index (χ4n) is 5.91. The van der Waals surface area contributed by atoms with Crippen LogP contribution in [-0.4, -0.2) is 74.8 Å². The van der Waals surface area contributed by atoms with Crippen molar-refractivity contribution >= 4 is 17.7 Å². The largest absolute Gasteiger partial charge is 0.454 e. The Labute approximate surface area is 244 Å². The monoisotopic (exact) mass is 572 g/mol. The quantitative estimate of drug-likeness (QED) is 0.510. The Morgan fingerprint density at radius 2 is 1.83 bits per heavy atom. The zero-order valence-electron chi connectivity index (χ0n) is 23.8. The van der Waals surface area contributed by atoms with Crippen LogP contribution in [0.1, 0.15) is 56.5 Å². The van der Waals surface area contributed by atoms with Gasteiger partial charge in [-0.25, -0.2) is 9.67 Å². The highest BCUT2D eigenvalue weighted by atomic mass is 16.7. The Hall–Kier alpha value is -4.41. The van der Waals surface area contributed by atoms with Crippen molar-refractivity contribution in [3.63, 3.8) is 0 Å².